The van der Waals surface area contributed by atoms with Crippen LogP contribution in [0.5, 0.6) is 5.75 Å². The average molecular weight is 243 g/mol. The lowest BCUT2D eigenvalue weighted by molar-refractivity contribution is 0.291. The Labute approximate surface area is 110 Å². The SMILES string of the molecule is C#CCOc1ccccc1CNCCC1CCC1. The predicted octanol–water partition coefficient (Wildman–Crippen LogP) is 2.98. The van der Waals surface area contributed by atoms with Gasteiger partial charge in [0.15, 0.2) is 0 Å². The molecule has 2 heteroatoms. The van der Waals surface area contributed by atoms with Crippen molar-refractivity contribution in [3.05, 3.63) is 29.8 Å². The van der Waals surface area contributed by atoms with Crippen molar-refractivity contribution >= 4 is 0 Å². The third kappa shape index (κ3) is 3.78. The van der Waals surface area contributed by atoms with Crippen molar-refractivity contribution in [2.75, 3.05) is 13.2 Å². The summed E-state index contributed by atoms with van der Waals surface area (Å²) in [5, 5.41) is 3.49. The van der Waals surface area contributed by atoms with Crippen LogP contribution in [0, 0.1) is 18.3 Å². The summed E-state index contributed by atoms with van der Waals surface area (Å²) in [6.07, 6.45) is 10.8. The average Bonchev–Trinajstić information content (AvgIpc) is 2.35. The van der Waals surface area contributed by atoms with Crippen LogP contribution in [0.25, 0.3) is 0 Å². The molecule has 0 bridgehead atoms. The lowest BCUT2D eigenvalue weighted by atomic mass is 9.83. The van der Waals surface area contributed by atoms with E-state index in [0.29, 0.717) is 6.61 Å². The molecule has 0 unspecified atom stereocenters. The fourth-order valence-corrected chi connectivity index (χ4v) is 2.22. The second-order valence-electron chi connectivity index (χ2n) is 4.86. The first-order valence-corrected chi connectivity index (χ1v) is 6.75. The van der Waals surface area contributed by atoms with E-state index in [1.165, 1.54) is 31.2 Å². The van der Waals surface area contributed by atoms with Gasteiger partial charge in [-0.15, -0.1) is 6.42 Å². The van der Waals surface area contributed by atoms with E-state index >= 15 is 0 Å². The summed E-state index contributed by atoms with van der Waals surface area (Å²) in [5.74, 6) is 4.36. The summed E-state index contributed by atoms with van der Waals surface area (Å²) in [6, 6.07) is 8.07. The van der Waals surface area contributed by atoms with E-state index in [0.717, 1.165) is 24.8 Å². The third-order valence-electron chi connectivity index (χ3n) is 3.55. The highest BCUT2D eigenvalue weighted by Gasteiger charge is 2.16. The third-order valence-corrected chi connectivity index (χ3v) is 3.55. The number of hydrogen-bond acceptors (Lipinski definition) is 2. The minimum atomic E-state index is 0.332. The van der Waals surface area contributed by atoms with Crippen LogP contribution >= 0.6 is 0 Å². The van der Waals surface area contributed by atoms with Gasteiger partial charge in [-0.05, 0) is 24.9 Å². The molecule has 1 aliphatic rings. The van der Waals surface area contributed by atoms with Gasteiger partial charge < -0.3 is 10.1 Å². The Morgan fingerprint density at radius 3 is 2.89 bits per heavy atom. The van der Waals surface area contributed by atoms with E-state index in [1.54, 1.807) is 0 Å². The van der Waals surface area contributed by atoms with Crippen molar-refractivity contribution in [3.63, 3.8) is 0 Å². The molecule has 1 saturated carbocycles. The minimum absolute atomic E-state index is 0.332. The molecule has 0 aromatic heterocycles. The standard InChI is InChI=1S/C16H21NO/c1-2-12-18-16-9-4-3-8-15(16)13-17-11-10-14-6-5-7-14/h1,3-4,8-9,14,17H,5-7,10-13H2. The summed E-state index contributed by atoms with van der Waals surface area (Å²) in [7, 11) is 0. The molecule has 1 aromatic rings. The van der Waals surface area contributed by atoms with Crippen LogP contribution < -0.4 is 10.1 Å². The van der Waals surface area contributed by atoms with Gasteiger partial charge in [0.1, 0.15) is 12.4 Å². The molecule has 1 aromatic carbocycles. The number of nitrogens with one attached hydrogen (secondary N) is 1. The quantitative estimate of drug-likeness (QED) is 0.587. The summed E-state index contributed by atoms with van der Waals surface area (Å²) in [6.45, 7) is 2.28. The second kappa shape index (κ2) is 7.08. The zero-order valence-electron chi connectivity index (χ0n) is 10.8. The van der Waals surface area contributed by atoms with Gasteiger partial charge in [-0.2, -0.15) is 0 Å². The number of benzene rings is 1. The topological polar surface area (TPSA) is 21.3 Å². The Hall–Kier alpha value is -1.46. The van der Waals surface area contributed by atoms with Crippen molar-refractivity contribution in [2.24, 2.45) is 5.92 Å². The maximum absolute atomic E-state index is 5.52. The maximum atomic E-state index is 5.52. The normalized spacial score (nSPS) is 14.8. The van der Waals surface area contributed by atoms with Gasteiger partial charge in [0.05, 0.1) is 0 Å². The second-order valence-corrected chi connectivity index (χ2v) is 4.86. The van der Waals surface area contributed by atoms with Crippen molar-refractivity contribution in [1.82, 2.24) is 5.32 Å². The molecular weight excluding hydrogens is 222 g/mol. The Morgan fingerprint density at radius 1 is 1.33 bits per heavy atom. The van der Waals surface area contributed by atoms with E-state index in [1.807, 2.05) is 18.2 Å². The molecule has 1 aliphatic carbocycles. The number of rotatable bonds is 7. The van der Waals surface area contributed by atoms with Crippen LogP contribution in [0.3, 0.4) is 0 Å². The van der Waals surface area contributed by atoms with Gasteiger partial charge >= 0.3 is 0 Å². The monoisotopic (exact) mass is 243 g/mol. The predicted molar refractivity (Wildman–Crippen MR) is 74.4 cm³/mol. The number of terminal acetylenes is 1. The molecule has 0 aliphatic heterocycles. The molecule has 18 heavy (non-hydrogen) atoms. The van der Waals surface area contributed by atoms with Crippen molar-refractivity contribution in [3.8, 4) is 18.1 Å². The van der Waals surface area contributed by atoms with Gasteiger partial charge in [0.25, 0.3) is 0 Å². The lowest BCUT2D eigenvalue weighted by Gasteiger charge is -2.25. The zero-order chi connectivity index (χ0) is 12.6. The summed E-state index contributed by atoms with van der Waals surface area (Å²) < 4.78 is 5.52. The van der Waals surface area contributed by atoms with Crippen LogP contribution in [0.1, 0.15) is 31.2 Å². The summed E-state index contributed by atoms with van der Waals surface area (Å²) in [5.41, 5.74) is 1.18. The van der Waals surface area contributed by atoms with Gasteiger partial charge in [0, 0.05) is 12.1 Å². The fourth-order valence-electron chi connectivity index (χ4n) is 2.22. The smallest absolute Gasteiger partial charge is 0.148 e. The molecule has 2 nitrogen and oxygen atoms in total. The highest BCUT2D eigenvalue weighted by Crippen LogP contribution is 2.28. The first-order chi connectivity index (χ1) is 8.90. The summed E-state index contributed by atoms with van der Waals surface area (Å²) in [4.78, 5) is 0. The Balaban J connectivity index is 1.74. The van der Waals surface area contributed by atoms with E-state index < -0.39 is 0 Å². The number of ether oxygens (including phenoxy) is 1. The maximum Gasteiger partial charge on any atom is 0.148 e. The van der Waals surface area contributed by atoms with Crippen LogP contribution in [0.15, 0.2) is 24.3 Å². The molecule has 0 amide bonds. The molecule has 96 valence electrons. The van der Waals surface area contributed by atoms with Crippen molar-refractivity contribution in [1.29, 1.82) is 0 Å². The Morgan fingerprint density at radius 2 is 2.17 bits per heavy atom. The summed E-state index contributed by atoms with van der Waals surface area (Å²) >= 11 is 0. The van der Waals surface area contributed by atoms with Gasteiger partial charge in [-0.1, -0.05) is 43.4 Å². The molecule has 0 heterocycles. The molecule has 1 fully saturated rings. The highest BCUT2D eigenvalue weighted by atomic mass is 16.5. The van der Waals surface area contributed by atoms with Crippen LogP contribution in [-0.2, 0) is 6.54 Å². The molecule has 0 spiro atoms. The van der Waals surface area contributed by atoms with Crippen molar-refractivity contribution in [2.45, 2.75) is 32.2 Å². The molecule has 0 atom stereocenters. The highest BCUT2D eigenvalue weighted by molar-refractivity contribution is 5.33. The molecule has 0 radical (unpaired) electrons. The first kappa shape index (κ1) is 13.0. The Bertz CT molecular complexity index is 404. The van der Waals surface area contributed by atoms with Crippen LogP contribution in [0.2, 0.25) is 0 Å². The largest absolute Gasteiger partial charge is 0.481 e. The molecular formula is C16H21NO. The Kier molecular flexibility index (Phi) is 5.11. The van der Waals surface area contributed by atoms with Crippen LogP contribution in [-0.4, -0.2) is 13.2 Å². The molecule has 1 N–H and O–H groups in total. The van der Waals surface area contributed by atoms with E-state index in [4.69, 9.17) is 11.2 Å². The van der Waals surface area contributed by atoms with Crippen LogP contribution in [0.4, 0.5) is 0 Å². The molecule has 0 saturated heterocycles. The van der Waals surface area contributed by atoms with E-state index in [2.05, 4.69) is 17.3 Å². The number of para-hydroxylation sites is 1. The fraction of sp³-hybridized carbons (Fsp3) is 0.500. The van der Waals surface area contributed by atoms with Gasteiger partial charge in [0.2, 0.25) is 0 Å². The molecule has 2 rings (SSSR count). The van der Waals surface area contributed by atoms with E-state index in [9.17, 15) is 0 Å². The lowest BCUT2D eigenvalue weighted by Crippen LogP contribution is -2.21. The number of hydrogen-bond donors (Lipinski definition) is 1. The van der Waals surface area contributed by atoms with Crippen molar-refractivity contribution < 1.29 is 4.74 Å². The van der Waals surface area contributed by atoms with E-state index in [-0.39, 0.29) is 0 Å². The minimum Gasteiger partial charge on any atom is -0.481 e. The first-order valence-electron chi connectivity index (χ1n) is 6.75. The van der Waals surface area contributed by atoms with Gasteiger partial charge in [-0.25, -0.2) is 0 Å². The van der Waals surface area contributed by atoms with Gasteiger partial charge in [-0.3, -0.25) is 0 Å². The zero-order valence-corrected chi connectivity index (χ0v) is 10.8.